The third kappa shape index (κ3) is 3.04. The molecule has 4 aromatic rings. The van der Waals surface area contributed by atoms with Gasteiger partial charge in [0.1, 0.15) is 22.2 Å². The largest absolute Gasteiger partial charge is 0.379 e. The average Bonchev–Trinajstić information content (AvgIpc) is 3.05. The van der Waals surface area contributed by atoms with Crippen LogP contribution in [0.25, 0.3) is 22.2 Å². The van der Waals surface area contributed by atoms with Crippen LogP contribution in [0.15, 0.2) is 82.2 Å². The molecule has 1 heterocycles. The van der Waals surface area contributed by atoms with E-state index < -0.39 is 15.9 Å². The van der Waals surface area contributed by atoms with Gasteiger partial charge in [0.05, 0.1) is 0 Å². The molecule has 0 amide bonds. The lowest BCUT2D eigenvalue weighted by Crippen LogP contribution is -2.09. The minimum Gasteiger partial charge on any atom is -0.379 e. The monoisotopic (exact) mass is 369 g/mol. The summed E-state index contributed by atoms with van der Waals surface area (Å²) in [4.78, 5) is -0.137. The third-order valence-corrected chi connectivity index (χ3v) is 5.06. The Hall–Kier alpha value is -3.19. The van der Waals surface area contributed by atoms with E-state index in [4.69, 9.17) is 8.71 Å². The molecule has 3 aromatic carbocycles. The van der Waals surface area contributed by atoms with Gasteiger partial charge < -0.3 is 8.71 Å². The molecule has 0 spiro atoms. The van der Waals surface area contributed by atoms with Gasteiger partial charge in [-0.2, -0.15) is 8.42 Å². The molecule has 0 aliphatic carbocycles. The van der Waals surface area contributed by atoms with Crippen molar-refractivity contribution in [2.75, 3.05) is 0 Å². The molecule has 0 bridgehead atoms. The van der Waals surface area contributed by atoms with E-state index in [0.717, 1.165) is 35.2 Å². The van der Waals surface area contributed by atoms with Crippen molar-refractivity contribution in [3.8, 4) is 17.0 Å². The van der Waals surface area contributed by atoms with Crippen molar-refractivity contribution in [2.45, 2.75) is 4.90 Å². The van der Waals surface area contributed by atoms with Crippen LogP contribution >= 0.6 is 0 Å². The van der Waals surface area contributed by atoms with Crippen molar-refractivity contribution < 1.29 is 21.5 Å². The fourth-order valence-electron chi connectivity index (χ4n) is 2.55. The highest BCUT2D eigenvalue weighted by Gasteiger charge is 2.18. The Balaban J connectivity index is 1.67. The van der Waals surface area contributed by atoms with Gasteiger partial charge in [-0.25, -0.2) is 4.39 Å². The van der Waals surface area contributed by atoms with Crippen LogP contribution in [-0.4, -0.2) is 13.6 Å². The second-order valence-electron chi connectivity index (χ2n) is 5.55. The lowest BCUT2D eigenvalue weighted by atomic mass is 10.1. The van der Waals surface area contributed by atoms with E-state index in [1.54, 1.807) is 6.07 Å². The number of halogens is 1. The first-order valence-corrected chi connectivity index (χ1v) is 9.09. The molecule has 4 rings (SSSR count). The Morgan fingerprint density at radius 3 is 2.38 bits per heavy atom. The van der Waals surface area contributed by atoms with E-state index in [1.165, 1.54) is 12.1 Å². The summed E-state index contributed by atoms with van der Waals surface area (Å²) < 4.78 is 48.0. The summed E-state index contributed by atoms with van der Waals surface area (Å²) in [6.07, 6.45) is 0. The summed E-state index contributed by atoms with van der Waals surface area (Å²) in [5.41, 5.74) is 1.95. The first-order valence-electron chi connectivity index (χ1n) is 7.68. The highest BCUT2D eigenvalue weighted by molar-refractivity contribution is 7.87. The van der Waals surface area contributed by atoms with E-state index in [2.05, 4.69) is 5.16 Å². The molecule has 0 saturated heterocycles. The molecule has 0 unspecified atom stereocenters. The normalized spacial score (nSPS) is 11.6. The zero-order valence-corrected chi connectivity index (χ0v) is 14.1. The van der Waals surface area contributed by atoms with Gasteiger partial charge in [0.15, 0.2) is 5.58 Å². The van der Waals surface area contributed by atoms with Gasteiger partial charge in [-0.05, 0) is 36.4 Å². The molecule has 0 aliphatic heterocycles. The van der Waals surface area contributed by atoms with Crippen LogP contribution < -0.4 is 4.18 Å². The maximum Gasteiger partial charge on any atom is 0.339 e. The van der Waals surface area contributed by atoms with Crippen LogP contribution in [0.4, 0.5) is 4.39 Å². The number of hydrogen-bond acceptors (Lipinski definition) is 5. The third-order valence-electron chi connectivity index (χ3n) is 3.80. The van der Waals surface area contributed by atoms with Gasteiger partial charge in [-0.3, -0.25) is 0 Å². The summed E-state index contributed by atoms with van der Waals surface area (Å²) >= 11 is 0. The van der Waals surface area contributed by atoms with Crippen molar-refractivity contribution >= 4 is 21.1 Å². The van der Waals surface area contributed by atoms with Gasteiger partial charge in [0.2, 0.25) is 0 Å². The fourth-order valence-corrected chi connectivity index (χ4v) is 3.47. The van der Waals surface area contributed by atoms with Crippen molar-refractivity contribution in [3.05, 3.63) is 78.6 Å². The first kappa shape index (κ1) is 16.3. The summed E-state index contributed by atoms with van der Waals surface area (Å²) in [7, 11) is -4.07. The molecule has 7 heteroatoms. The van der Waals surface area contributed by atoms with E-state index in [-0.39, 0.29) is 10.6 Å². The van der Waals surface area contributed by atoms with Crippen LogP contribution in [0.5, 0.6) is 5.75 Å². The lowest BCUT2D eigenvalue weighted by molar-refractivity contribution is 0.456. The maximum absolute atomic E-state index is 13.0. The van der Waals surface area contributed by atoms with Crippen molar-refractivity contribution in [1.82, 2.24) is 5.16 Å². The van der Waals surface area contributed by atoms with E-state index in [1.807, 2.05) is 30.3 Å². The van der Waals surface area contributed by atoms with Gasteiger partial charge >= 0.3 is 10.1 Å². The highest BCUT2D eigenvalue weighted by Crippen LogP contribution is 2.31. The van der Waals surface area contributed by atoms with Crippen molar-refractivity contribution in [3.63, 3.8) is 0 Å². The standard InChI is InChI=1S/C19H12FNO4S/c20-14-6-9-16(10-7-14)26(22,23)25-15-8-11-17-18(12-15)24-21-19(17)13-4-2-1-3-5-13/h1-12H. The van der Waals surface area contributed by atoms with E-state index >= 15 is 0 Å². The molecule has 130 valence electrons. The number of rotatable bonds is 4. The van der Waals surface area contributed by atoms with Crippen molar-refractivity contribution in [2.24, 2.45) is 0 Å². The second-order valence-corrected chi connectivity index (χ2v) is 7.09. The van der Waals surface area contributed by atoms with E-state index in [0.29, 0.717) is 11.3 Å². The van der Waals surface area contributed by atoms with Gasteiger partial charge in [-0.15, -0.1) is 0 Å². The zero-order valence-electron chi connectivity index (χ0n) is 13.3. The van der Waals surface area contributed by atoms with Gasteiger partial charge in [0.25, 0.3) is 0 Å². The summed E-state index contributed by atoms with van der Waals surface area (Å²) in [6, 6.07) is 18.6. The van der Waals surface area contributed by atoms with Crippen LogP contribution in [0.3, 0.4) is 0 Å². The fraction of sp³-hybridized carbons (Fsp3) is 0. The number of nitrogens with zero attached hydrogens (tertiary/aromatic N) is 1. The van der Waals surface area contributed by atoms with Crippen LogP contribution in [0.1, 0.15) is 0 Å². The Labute approximate surface area is 148 Å². The molecule has 5 nitrogen and oxygen atoms in total. The predicted molar refractivity (Wildman–Crippen MR) is 93.7 cm³/mol. The number of benzene rings is 3. The quantitative estimate of drug-likeness (QED) is 0.499. The highest BCUT2D eigenvalue weighted by atomic mass is 32.2. The van der Waals surface area contributed by atoms with Crippen molar-refractivity contribution in [1.29, 1.82) is 0 Å². The Kier molecular flexibility index (Phi) is 3.93. The molecule has 0 atom stereocenters. The number of aromatic nitrogens is 1. The SMILES string of the molecule is O=S(=O)(Oc1ccc2c(-c3ccccc3)noc2c1)c1ccc(F)cc1. The minimum atomic E-state index is -4.07. The summed E-state index contributed by atoms with van der Waals surface area (Å²) in [5, 5.41) is 4.79. The first-order chi connectivity index (χ1) is 12.5. The molecule has 1 aromatic heterocycles. The summed E-state index contributed by atoms with van der Waals surface area (Å²) in [5.74, 6) is -0.446. The average molecular weight is 369 g/mol. The predicted octanol–water partition coefficient (Wildman–Crippen LogP) is 4.40. The van der Waals surface area contributed by atoms with E-state index in [9.17, 15) is 12.8 Å². The molecule has 0 radical (unpaired) electrons. The molecule has 0 aliphatic rings. The van der Waals surface area contributed by atoms with Gasteiger partial charge in [0, 0.05) is 17.0 Å². The van der Waals surface area contributed by atoms with Crippen LogP contribution in [-0.2, 0) is 10.1 Å². The minimum absolute atomic E-state index is 0.0811. The second kappa shape index (κ2) is 6.27. The topological polar surface area (TPSA) is 69.4 Å². The number of fused-ring (bicyclic) bond motifs is 1. The lowest BCUT2D eigenvalue weighted by Gasteiger charge is -2.06. The van der Waals surface area contributed by atoms with Gasteiger partial charge in [-0.1, -0.05) is 35.5 Å². The maximum atomic E-state index is 13.0. The molecular formula is C19H12FNO4S. The van der Waals surface area contributed by atoms with Crippen LogP contribution in [0.2, 0.25) is 0 Å². The van der Waals surface area contributed by atoms with Crippen LogP contribution in [0, 0.1) is 5.82 Å². The molecule has 0 N–H and O–H groups in total. The Morgan fingerprint density at radius 2 is 1.65 bits per heavy atom. The smallest absolute Gasteiger partial charge is 0.339 e. The zero-order chi connectivity index (χ0) is 18.1. The molecule has 0 fully saturated rings. The Morgan fingerprint density at radius 1 is 0.923 bits per heavy atom. The molecular weight excluding hydrogens is 357 g/mol. The Bertz CT molecular complexity index is 1170. The molecule has 0 saturated carbocycles. The molecule has 26 heavy (non-hydrogen) atoms. The summed E-state index contributed by atoms with van der Waals surface area (Å²) in [6.45, 7) is 0. The number of hydrogen-bond donors (Lipinski definition) is 0.